The molecule has 0 bridgehead atoms. The zero-order valence-corrected chi connectivity index (χ0v) is 17.6. The molecule has 5 nitrogen and oxygen atoms in total. The summed E-state index contributed by atoms with van der Waals surface area (Å²) in [4.78, 5) is 32.5. The molecule has 6 heteroatoms. The predicted octanol–water partition coefficient (Wildman–Crippen LogP) is 5.12. The van der Waals surface area contributed by atoms with Gasteiger partial charge in [-0.3, -0.25) is 14.6 Å². The molecule has 29 heavy (non-hydrogen) atoms. The maximum Gasteiger partial charge on any atom is 0.244 e. The monoisotopic (exact) mass is 409 g/mol. The predicted molar refractivity (Wildman–Crippen MR) is 118 cm³/mol. The Morgan fingerprint density at radius 3 is 2.69 bits per heavy atom. The lowest BCUT2D eigenvalue weighted by atomic mass is 10.0. The van der Waals surface area contributed by atoms with Crippen molar-refractivity contribution in [2.75, 3.05) is 16.8 Å². The third-order valence-corrected chi connectivity index (χ3v) is 6.20. The van der Waals surface area contributed by atoms with Crippen LogP contribution in [-0.2, 0) is 9.59 Å². The molecule has 1 heterocycles. The number of amides is 2. The summed E-state index contributed by atoms with van der Waals surface area (Å²) in [5, 5.41) is 3.45. The van der Waals surface area contributed by atoms with Crippen molar-refractivity contribution in [3.05, 3.63) is 52.0 Å². The normalized spacial score (nSPS) is 18.1. The van der Waals surface area contributed by atoms with Crippen LogP contribution in [-0.4, -0.2) is 24.1 Å². The molecule has 2 aromatic carbocycles. The summed E-state index contributed by atoms with van der Waals surface area (Å²) in [5.74, 6) is -0.533. The van der Waals surface area contributed by atoms with Gasteiger partial charge in [0.05, 0.1) is 17.3 Å². The first kappa shape index (κ1) is 19.6. The van der Waals surface area contributed by atoms with E-state index in [-0.39, 0.29) is 24.3 Å². The van der Waals surface area contributed by atoms with Crippen LogP contribution in [0.1, 0.15) is 36.0 Å². The van der Waals surface area contributed by atoms with E-state index in [1.807, 2.05) is 45.0 Å². The van der Waals surface area contributed by atoms with Crippen LogP contribution in [0.3, 0.4) is 0 Å². The quantitative estimate of drug-likeness (QED) is 0.764. The van der Waals surface area contributed by atoms with Crippen molar-refractivity contribution in [1.82, 2.24) is 0 Å². The van der Waals surface area contributed by atoms with Gasteiger partial charge in [0.15, 0.2) is 0 Å². The van der Waals surface area contributed by atoms with E-state index in [0.717, 1.165) is 47.4 Å². The lowest BCUT2D eigenvalue weighted by Gasteiger charge is -2.25. The fraction of sp³-hybridized carbons (Fsp3) is 0.348. The number of aryl methyl sites for hydroxylation is 3. The number of fused-ring (bicyclic) bond motifs is 2. The highest BCUT2D eigenvalue weighted by atomic mass is 35.5. The van der Waals surface area contributed by atoms with E-state index in [1.165, 1.54) is 0 Å². The number of nitrogens with zero attached hydrogens (tertiary/aromatic N) is 2. The summed E-state index contributed by atoms with van der Waals surface area (Å²) in [5.41, 5.74) is 6.16. The third-order valence-electron chi connectivity index (χ3n) is 5.80. The Balaban J connectivity index is 1.65. The van der Waals surface area contributed by atoms with E-state index >= 15 is 0 Å². The number of hydrogen-bond donors (Lipinski definition) is 1. The average molecular weight is 410 g/mol. The van der Waals surface area contributed by atoms with Crippen molar-refractivity contribution >= 4 is 46.2 Å². The molecule has 1 unspecified atom stereocenters. The van der Waals surface area contributed by atoms with Gasteiger partial charge < -0.3 is 10.2 Å². The molecule has 150 valence electrons. The zero-order chi connectivity index (χ0) is 20.7. The van der Waals surface area contributed by atoms with Gasteiger partial charge in [-0.25, -0.2) is 0 Å². The van der Waals surface area contributed by atoms with Gasteiger partial charge in [0.2, 0.25) is 11.8 Å². The van der Waals surface area contributed by atoms with Crippen molar-refractivity contribution in [3.8, 4) is 0 Å². The second kappa shape index (κ2) is 7.64. The van der Waals surface area contributed by atoms with E-state index in [2.05, 4.69) is 5.32 Å². The first-order valence-electron chi connectivity index (χ1n) is 9.89. The summed E-state index contributed by atoms with van der Waals surface area (Å²) >= 11 is 6.16. The highest BCUT2D eigenvalue weighted by molar-refractivity contribution is 6.31. The minimum atomic E-state index is -0.260. The van der Waals surface area contributed by atoms with Crippen molar-refractivity contribution < 1.29 is 9.59 Å². The third kappa shape index (κ3) is 3.79. The average Bonchev–Trinajstić information content (AvgIpc) is 3.10. The van der Waals surface area contributed by atoms with E-state index in [1.54, 1.807) is 11.0 Å². The smallest absolute Gasteiger partial charge is 0.244 e. The molecule has 1 aliphatic carbocycles. The molecule has 0 aromatic heterocycles. The zero-order valence-electron chi connectivity index (χ0n) is 16.9. The lowest BCUT2D eigenvalue weighted by molar-refractivity contribution is -0.122. The van der Waals surface area contributed by atoms with Crippen LogP contribution in [0.2, 0.25) is 5.02 Å². The molecule has 1 aliphatic heterocycles. The van der Waals surface area contributed by atoms with Crippen LogP contribution in [0.15, 0.2) is 35.3 Å². The summed E-state index contributed by atoms with van der Waals surface area (Å²) < 4.78 is 0. The molecule has 0 radical (unpaired) electrons. The van der Waals surface area contributed by atoms with Gasteiger partial charge in [-0.2, -0.15) is 0 Å². The number of halogens is 1. The number of nitrogens with one attached hydrogen (secondary N) is 1. The first-order valence-corrected chi connectivity index (χ1v) is 10.3. The van der Waals surface area contributed by atoms with Gasteiger partial charge in [-0.05, 0) is 81.0 Å². The van der Waals surface area contributed by atoms with Gasteiger partial charge >= 0.3 is 0 Å². The topological polar surface area (TPSA) is 61.8 Å². The van der Waals surface area contributed by atoms with E-state index < -0.39 is 0 Å². The molecule has 2 aliphatic rings. The molecule has 1 fully saturated rings. The molecule has 0 spiro atoms. The Kier molecular flexibility index (Phi) is 5.17. The Hall–Kier alpha value is -2.66. The van der Waals surface area contributed by atoms with Crippen LogP contribution in [0.25, 0.3) is 0 Å². The first-order chi connectivity index (χ1) is 13.8. The fourth-order valence-corrected chi connectivity index (χ4v) is 4.14. The lowest BCUT2D eigenvalue weighted by Crippen LogP contribution is -2.42. The Morgan fingerprint density at radius 2 is 1.93 bits per heavy atom. The maximum atomic E-state index is 13.3. The summed E-state index contributed by atoms with van der Waals surface area (Å²) in [6.07, 6.45) is 2.58. The number of anilines is 2. The van der Waals surface area contributed by atoms with Gasteiger partial charge in [0, 0.05) is 16.4 Å². The fourth-order valence-electron chi connectivity index (χ4n) is 3.96. The summed E-state index contributed by atoms with van der Waals surface area (Å²) in [7, 11) is 0. The summed E-state index contributed by atoms with van der Waals surface area (Å²) in [6, 6.07) is 9.36. The maximum absolute atomic E-state index is 13.3. The molecule has 4 rings (SSSR count). The van der Waals surface area contributed by atoms with Crippen LogP contribution >= 0.6 is 11.6 Å². The van der Waals surface area contributed by atoms with Gasteiger partial charge in [0.25, 0.3) is 0 Å². The number of hydrogen-bond acceptors (Lipinski definition) is 3. The second-order valence-electron chi connectivity index (χ2n) is 7.91. The van der Waals surface area contributed by atoms with Crippen molar-refractivity contribution in [3.63, 3.8) is 0 Å². The second-order valence-corrected chi connectivity index (χ2v) is 8.32. The summed E-state index contributed by atoms with van der Waals surface area (Å²) in [6.45, 7) is 5.89. The SMILES string of the molecule is Cc1cc2c(cc1C)N(CC(=O)Nc1ccc(C)c(Cl)c1)C(=O)C1CCCC1=N2. The van der Waals surface area contributed by atoms with Gasteiger partial charge in [0.1, 0.15) is 6.54 Å². The molecular weight excluding hydrogens is 386 g/mol. The Morgan fingerprint density at radius 1 is 1.17 bits per heavy atom. The minimum absolute atomic E-state index is 0.0414. The molecular formula is C23H24ClN3O2. The van der Waals surface area contributed by atoms with Gasteiger partial charge in [-0.15, -0.1) is 0 Å². The van der Waals surface area contributed by atoms with E-state index in [0.29, 0.717) is 16.4 Å². The highest BCUT2D eigenvalue weighted by Crippen LogP contribution is 2.39. The number of aliphatic imine (C=N–C) groups is 1. The van der Waals surface area contributed by atoms with Crippen molar-refractivity contribution in [1.29, 1.82) is 0 Å². The molecule has 2 aromatic rings. The molecule has 1 N–H and O–H groups in total. The van der Waals surface area contributed by atoms with E-state index in [9.17, 15) is 9.59 Å². The Labute approximate surface area is 175 Å². The standard InChI is InChI=1S/C23H24ClN3O2/c1-13-7-8-16(11-18(13)24)25-22(28)12-27-21-10-15(3)14(2)9-20(21)26-19-6-4-5-17(19)23(27)29/h7-11,17H,4-6,12H2,1-3H3,(H,25,28). The van der Waals surface area contributed by atoms with Crippen molar-refractivity contribution in [2.24, 2.45) is 10.9 Å². The number of rotatable bonds is 3. The van der Waals surface area contributed by atoms with Gasteiger partial charge in [-0.1, -0.05) is 17.7 Å². The molecule has 0 saturated heterocycles. The van der Waals surface area contributed by atoms with Crippen molar-refractivity contribution in [2.45, 2.75) is 40.0 Å². The largest absolute Gasteiger partial charge is 0.324 e. The minimum Gasteiger partial charge on any atom is -0.324 e. The number of carbonyl (C=O) groups excluding carboxylic acids is 2. The van der Waals surface area contributed by atoms with Crippen LogP contribution in [0.5, 0.6) is 0 Å². The molecule has 1 atom stereocenters. The number of benzene rings is 2. The number of carbonyl (C=O) groups is 2. The van der Waals surface area contributed by atoms with Crippen LogP contribution in [0.4, 0.5) is 17.1 Å². The molecule has 1 saturated carbocycles. The Bertz CT molecular complexity index is 1040. The van der Waals surface area contributed by atoms with Crippen LogP contribution < -0.4 is 10.2 Å². The van der Waals surface area contributed by atoms with E-state index in [4.69, 9.17) is 16.6 Å². The van der Waals surface area contributed by atoms with Crippen LogP contribution in [0, 0.1) is 26.7 Å². The highest BCUT2D eigenvalue weighted by Gasteiger charge is 2.37. The molecule has 2 amide bonds.